The molecule has 2 heterocycles. The van der Waals surface area contributed by atoms with Crippen LogP contribution in [-0.4, -0.2) is 21.0 Å². The molecule has 0 aliphatic carbocycles. The molecule has 0 radical (unpaired) electrons. The number of carbonyl (C=O) groups excluding carboxylic acids is 1. The van der Waals surface area contributed by atoms with Crippen molar-refractivity contribution in [2.45, 2.75) is 12.7 Å². The van der Waals surface area contributed by atoms with Gasteiger partial charge in [-0.15, -0.1) is 0 Å². The number of halogens is 3. The minimum atomic E-state index is -4.41. The Balaban J connectivity index is 1.72. The summed E-state index contributed by atoms with van der Waals surface area (Å²) in [6.07, 6.45) is -2.98. The number of nitrogens with two attached hydrogens (primary N) is 1. The predicted octanol–water partition coefficient (Wildman–Crippen LogP) is 2.86. The number of anilines is 1. The number of benzene rings is 1. The highest BCUT2D eigenvalue weighted by atomic mass is 19.4. The van der Waals surface area contributed by atoms with Gasteiger partial charge >= 0.3 is 6.18 Å². The predicted molar refractivity (Wildman–Crippen MR) is 84.8 cm³/mol. The lowest BCUT2D eigenvalue weighted by molar-refractivity contribution is -0.137. The van der Waals surface area contributed by atoms with Crippen LogP contribution in [0.5, 0.6) is 0 Å². The second kappa shape index (κ2) is 6.82. The Labute approximate surface area is 145 Å². The Morgan fingerprint density at radius 2 is 1.92 bits per heavy atom. The van der Waals surface area contributed by atoms with Crippen LogP contribution in [0.25, 0.3) is 11.4 Å². The Bertz CT molecular complexity index is 922. The van der Waals surface area contributed by atoms with Crippen molar-refractivity contribution in [1.82, 2.24) is 15.1 Å². The molecule has 0 fully saturated rings. The van der Waals surface area contributed by atoms with Gasteiger partial charge in [0.05, 0.1) is 17.8 Å². The first-order valence-corrected chi connectivity index (χ1v) is 7.33. The summed E-state index contributed by atoms with van der Waals surface area (Å²) in [7, 11) is 0. The van der Waals surface area contributed by atoms with Gasteiger partial charge in [0.15, 0.2) is 5.69 Å². The van der Waals surface area contributed by atoms with Gasteiger partial charge in [0.1, 0.15) is 0 Å². The van der Waals surface area contributed by atoms with Crippen molar-refractivity contribution >= 4 is 11.6 Å². The maximum Gasteiger partial charge on any atom is 0.416 e. The Kier molecular flexibility index (Phi) is 4.57. The molecule has 0 saturated heterocycles. The summed E-state index contributed by atoms with van der Waals surface area (Å²) < 4.78 is 42.8. The average Bonchev–Trinajstić information content (AvgIpc) is 3.08. The Morgan fingerprint density at radius 3 is 2.58 bits per heavy atom. The zero-order valence-corrected chi connectivity index (χ0v) is 13.1. The van der Waals surface area contributed by atoms with Gasteiger partial charge < -0.3 is 15.6 Å². The van der Waals surface area contributed by atoms with Crippen LogP contribution in [0.3, 0.4) is 0 Å². The molecule has 1 amide bonds. The summed E-state index contributed by atoms with van der Waals surface area (Å²) in [4.78, 5) is 19.3. The van der Waals surface area contributed by atoms with Crippen LogP contribution in [0.4, 0.5) is 18.9 Å². The van der Waals surface area contributed by atoms with Gasteiger partial charge in [0.25, 0.3) is 5.91 Å². The van der Waals surface area contributed by atoms with Crippen molar-refractivity contribution in [3.63, 3.8) is 0 Å². The molecule has 26 heavy (non-hydrogen) atoms. The third kappa shape index (κ3) is 3.79. The number of hydrogen-bond donors (Lipinski definition) is 2. The number of rotatable bonds is 5. The summed E-state index contributed by atoms with van der Waals surface area (Å²) in [5.74, 6) is -0.361. The van der Waals surface area contributed by atoms with E-state index in [0.29, 0.717) is 11.3 Å². The number of carbonyl (C=O) groups is 1. The molecule has 1 aromatic carbocycles. The number of pyridine rings is 1. The molecule has 134 valence electrons. The number of hydrogen-bond acceptors (Lipinski definition) is 6. The maximum absolute atomic E-state index is 12.6. The van der Waals surface area contributed by atoms with Crippen molar-refractivity contribution in [2.75, 3.05) is 5.32 Å². The molecule has 3 N–H and O–H groups in total. The second-order valence-corrected chi connectivity index (χ2v) is 5.20. The number of alkyl halides is 3. The molecular formula is C16H12F3N5O2. The van der Waals surface area contributed by atoms with Gasteiger partial charge in [0.2, 0.25) is 11.7 Å². The first-order chi connectivity index (χ1) is 12.3. The fourth-order valence-electron chi connectivity index (χ4n) is 2.17. The van der Waals surface area contributed by atoms with E-state index in [9.17, 15) is 18.0 Å². The summed E-state index contributed by atoms with van der Waals surface area (Å²) in [6.45, 7) is 0.0829. The molecular weight excluding hydrogens is 351 g/mol. The van der Waals surface area contributed by atoms with Crippen molar-refractivity contribution in [1.29, 1.82) is 0 Å². The number of nitrogens with zero attached hydrogens (tertiary/aromatic N) is 3. The zero-order chi connectivity index (χ0) is 18.7. The highest BCUT2D eigenvalue weighted by molar-refractivity contribution is 5.96. The molecule has 3 aromatic rings. The summed E-state index contributed by atoms with van der Waals surface area (Å²) in [5, 5.41) is 6.63. The monoisotopic (exact) mass is 363 g/mol. The van der Waals surface area contributed by atoms with E-state index in [0.717, 1.165) is 12.1 Å². The minimum absolute atomic E-state index is 0.0648. The molecule has 0 atom stereocenters. The quantitative estimate of drug-likeness (QED) is 0.722. The lowest BCUT2D eigenvalue weighted by atomic mass is 10.1. The topological polar surface area (TPSA) is 107 Å². The summed E-state index contributed by atoms with van der Waals surface area (Å²) in [6, 6.07) is 7.64. The van der Waals surface area contributed by atoms with E-state index in [-0.39, 0.29) is 24.0 Å². The van der Waals surface area contributed by atoms with E-state index in [2.05, 4.69) is 20.4 Å². The lowest BCUT2D eigenvalue weighted by Gasteiger charge is -2.06. The van der Waals surface area contributed by atoms with Gasteiger partial charge in [0, 0.05) is 11.8 Å². The molecule has 3 rings (SSSR count). The Hall–Kier alpha value is -3.43. The minimum Gasteiger partial charge on any atom is -0.374 e. The van der Waals surface area contributed by atoms with Gasteiger partial charge in [-0.1, -0.05) is 17.3 Å². The van der Waals surface area contributed by atoms with E-state index in [4.69, 9.17) is 10.3 Å². The standard InChI is InChI=1S/C16H12F3N5O2/c17-16(18,19)10-5-3-9(4-6-10)15-23-12(26-24-15)8-22-11-2-1-7-21-13(11)14(20)25/h1-7,22H,8H2,(H2,20,25). The lowest BCUT2D eigenvalue weighted by Crippen LogP contribution is -2.16. The van der Waals surface area contributed by atoms with Crippen LogP contribution in [0.2, 0.25) is 0 Å². The van der Waals surface area contributed by atoms with Crippen molar-refractivity contribution < 1.29 is 22.5 Å². The van der Waals surface area contributed by atoms with Crippen molar-refractivity contribution in [2.24, 2.45) is 5.73 Å². The third-order valence-corrected chi connectivity index (χ3v) is 3.41. The van der Waals surface area contributed by atoms with Gasteiger partial charge in [-0.3, -0.25) is 4.79 Å². The first-order valence-electron chi connectivity index (χ1n) is 7.33. The van der Waals surface area contributed by atoms with Gasteiger partial charge in [-0.2, -0.15) is 18.2 Å². The molecule has 0 unspecified atom stereocenters. The van der Waals surface area contributed by atoms with Crippen LogP contribution in [0.15, 0.2) is 47.1 Å². The molecule has 7 nitrogen and oxygen atoms in total. The highest BCUT2D eigenvalue weighted by Gasteiger charge is 2.30. The van der Waals surface area contributed by atoms with E-state index in [1.165, 1.54) is 18.3 Å². The number of aromatic nitrogens is 3. The Morgan fingerprint density at radius 1 is 1.19 bits per heavy atom. The molecule has 0 aliphatic heterocycles. The zero-order valence-electron chi connectivity index (χ0n) is 13.1. The van der Waals surface area contributed by atoms with Gasteiger partial charge in [-0.25, -0.2) is 4.98 Å². The maximum atomic E-state index is 12.6. The number of primary amides is 1. The summed E-state index contributed by atoms with van der Waals surface area (Å²) >= 11 is 0. The van der Waals surface area contributed by atoms with Crippen LogP contribution in [-0.2, 0) is 12.7 Å². The molecule has 0 aliphatic rings. The number of amides is 1. The van der Waals surface area contributed by atoms with E-state index < -0.39 is 17.6 Å². The van der Waals surface area contributed by atoms with E-state index in [1.807, 2.05) is 0 Å². The molecule has 10 heteroatoms. The van der Waals surface area contributed by atoms with Crippen molar-refractivity contribution in [3.05, 3.63) is 59.7 Å². The highest BCUT2D eigenvalue weighted by Crippen LogP contribution is 2.30. The number of nitrogens with one attached hydrogen (secondary N) is 1. The normalized spacial score (nSPS) is 11.3. The average molecular weight is 363 g/mol. The summed E-state index contributed by atoms with van der Waals surface area (Å²) in [5.41, 5.74) is 5.32. The van der Waals surface area contributed by atoms with Gasteiger partial charge in [-0.05, 0) is 24.3 Å². The second-order valence-electron chi connectivity index (χ2n) is 5.20. The fourth-order valence-corrected chi connectivity index (χ4v) is 2.17. The van der Waals surface area contributed by atoms with Crippen LogP contribution >= 0.6 is 0 Å². The van der Waals surface area contributed by atoms with Crippen molar-refractivity contribution in [3.8, 4) is 11.4 Å². The van der Waals surface area contributed by atoms with Crippen LogP contribution < -0.4 is 11.1 Å². The molecule has 0 bridgehead atoms. The van der Waals surface area contributed by atoms with E-state index in [1.54, 1.807) is 12.1 Å². The molecule has 2 aromatic heterocycles. The smallest absolute Gasteiger partial charge is 0.374 e. The fraction of sp³-hybridized carbons (Fsp3) is 0.125. The largest absolute Gasteiger partial charge is 0.416 e. The first kappa shape index (κ1) is 17.4. The molecule has 0 saturated carbocycles. The SMILES string of the molecule is NC(=O)c1ncccc1NCc1nc(-c2ccc(C(F)(F)F)cc2)no1. The molecule has 0 spiro atoms. The third-order valence-electron chi connectivity index (χ3n) is 3.41. The van der Waals surface area contributed by atoms with Crippen LogP contribution in [0, 0.1) is 0 Å². The van der Waals surface area contributed by atoms with E-state index >= 15 is 0 Å². The van der Waals surface area contributed by atoms with Crippen LogP contribution in [0.1, 0.15) is 21.9 Å².